The number of alkyl halides is 1. The van der Waals surface area contributed by atoms with Crippen molar-refractivity contribution in [3.8, 4) is 17.1 Å². The number of hydrogen-bond donors (Lipinski definition) is 0. The number of nitrogens with zero attached hydrogens (tertiary/aromatic N) is 2. The average molecular weight is 374 g/mol. The lowest BCUT2D eigenvalue weighted by Gasteiger charge is -2.15. The Kier molecular flexibility index (Phi) is 4.86. The van der Waals surface area contributed by atoms with Gasteiger partial charge in [-0.3, -0.25) is 0 Å². The fourth-order valence-electron chi connectivity index (χ4n) is 3.38. The highest BCUT2D eigenvalue weighted by atomic mass is 19.1. The largest absolute Gasteiger partial charge is 0.490 e. The lowest BCUT2D eigenvalue weighted by Crippen LogP contribution is -2.21. The molecule has 0 saturated heterocycles. The summed E-state index contributed by atoms with van der Waals surface area (Å²) in [7, 11) is 1.33. The number of carbonyl (C=O) groups excluding carboxylic acids is 1. The van der Waals surface area contributed by atoms with Crippen molar-refractivity contribution in [1.82, 2.24) is 9.55 Å². The first-order valence-electron chi connectivity index (χ1n) is 9.23. The van der Waals surface area contributed by atoms with E-state index in [1.165, 1.54) is 7.11 Å². The molecule has 0 spiro atoms. The molecule has 2 heterocycles. The van der Waals surface area contributed by atoms with Gasteiger partial charge in [-0.15, -0.1) is 0 Å². The fraction of sp³-hybridized carbons (Fsp3) is 0.500. The molecule has 0 amide bonds. The number of benzene rings is 1. The Morgan fingerprint density at radius 1 is 1.41 bits per heavy atom. The van der Waals surface area contributed by atoms with Gasteiger partial charge in [-0.2, -0.15) is 0 Å². The number of hydrogen-bond acceptors (Lipinski definition) is 5. The van der Waals surface area contributed by atoms with E-state index in [2.05, 4.69) is 4.98 Å². The van der Waals surface area contributed by atoms with Crippen LogP contribution in [0.1, 0.15) is 34.6 Å². The van der Waals surface area contributed by atoms with Gasteiger partial charge in [0.05, 0.1) is 32.1 Å². The maximum atomic E-state index is 13.3. The highest BCUT2D eigenvalue weighted by molar-refractivity contribution is 5.89. The van der Waals surface area contributed by atoms with E-state index in [1.54, 1.807) is 0 Å². The number of aromatic nitrogens is 2. The van der Waals surface area contributed by atoms with E-state index in [1.807, 2.05) is 29.7 Å². The van der Waals surface area contributed by atoms with E-state index >= 15 is 0 Å². The van der Waals surface area contributed by atoms with E-state index in [-0.39, 0.29) is 5.69 Å². The van der Waals surface area contributed by atoms with Gasteiger partial charge in [-0.1, -0.05) is 0 Å². The van der Waals surface area contributed by atoms with E-state index < -0.39 is 18.7 Å². The van der Waals surface area contributed by atoms with Crippen LogP contribution in [0.4, 0.5) is 4.39 Å². The average Bonchev–Trinajstić information content (AvgIpc) is 3.46. The molecule has 1 aromatic carbocycles. The molecule has 2 aromatic rings. The molecule has 27 heavy (non-hydrogen) atoms. The zero-order chi connectivity index (χ0) is 19.0. The topological polar surface area (TPSA) is 62.6 Å². The highest BCUT2D eigenvalue weighted by Gasteiger charge is 2.28. The molecule has 0 N–H and O–H groups in total. The van der Waals surface area contributed by atoms with Crippen LogP contribution in [0.5, 0.6) is 5.75 Å². The Morgan fingerprint density at radius 2 is 2.22 bits per heavy atom. The third-order valence-corrected chi connectivity index (χ3v) is 4.95. The smallest absolute Gasteiger partial charge is 0.358 e. The second-order valence-corrected chi connectivity index (χ2v) is 7.03. The monoisotopic (exact) mass is 374 g/mol. The second-order valence-electron chi connectivity index (χ2n) is 7.03. The number of aryl methyl sites for hydroxylation is 1. The van der Waals surface area contributed by atoms with Crippen LogP contribution in [-0.4, -0.2) is 48.1 Å². The summed E-state index contributed by atoms with van der Waals surface area (Å²) in [5.41, 5.74) is 2.85. The molecule has 7 heteroatoms. The zero-order valence-corrected chi connectivity index (χ0v) is 15.5. The molecule has 6 nitrogen and oxygen atoms in total. The molecular formula is C20H23FN2O4. The van der Waals surface area contributed by atoms with Crippen molar-refractivity contribution in [2.75, 3.05) is 20.4 Å². The number of methoxy groups -OCH3 is 1. The summed E-state index contributed by atoms with van der Waals surface area (Å²) in [6.07, 6.45) is 2.45. The number of ether oxygens (including phenoxy) is 3. The lowest BCUT2D eigenvalue weighted by atomic mass is 10.1. The lowest BCUT2D eigenvalue weighted by molar-refractivity contribution is 0.0355. The van der Waals surface area contributed by atoms with Crippen molar-refractivity contribution in [3.05, 3.63) is 35.2 Å². The van der Waals surface area contributed by atoms with Gasteiger partial charge in [-0.25, -0.2) is 14.2 Å². The number of esters is 1. The molecule has 0 radical (unpaired) electrons. The number of imidazole rings is 1. The van der Waals surface area contributed by atoms with Crippen LogP contribution in [0.2, 0.25) is 0 Å². The first-order chi connectivity index (χ1) is 13.1. The summed E-state index contributed by atoms with van der Waals surface area (Å²) in [5.74, 6) is 0.992. The maximum absolute atomic E-state index is 13.3. The van der Waals surface area contributed by atoms with E-state index in [9.17, 15) is 9.18 Å². The molecule has 4 rings (SSSR count). The SMILES string of the molecule is COC(=O)c1nc(-c2ccc(OC3CC3)c(C)c2)n2c1CCOC(CF)C2. The predicted octanol–water partition coefficient (Wildman–Crippen LogP) is 3.10. The van der Waals surface area contributed by atoms with Crippen LogP contribution in [0.15, 0.2) is 18.2 Å². The standard InChI is InChI=1S/C20H23FN2O4/c1-12-9-13(3-6-17(12)27-14-4-5-14)19-22-18(20(24)25-2)16-7-8-26-15(10-21)11-23(16)19/h3,6,9,14-15H,4-5,7-8,10-11H2,1-2H3. The van der Waals surface area contributed by atoms with Gasteiger partial charge in [0.15, 0.2) is 5.69 Å². The van der Waals surface area contributed by atoms with Gasteiger partial charge in [-0.05, 0) is 43.5 Å². The van der Waals surface area contributed by atoms with Gasteiger partial charge < -0.3 is 18.8 Å². The molecule has 1 fully saturated rings. The van der Waals surface area contributed by atoms with Crippen molar-refractivity contribution in [2.24, 2.45) is 0 Å². The summed E-state index contributed by atoms with van der Waals surface area (Å²) in [4.78, 5) is 16.8. The minimum absolute atomic E-state index is 0.270. The summed E-state index contributed by atoms with van der Waals surface area (Å²) < 4.78 is 31.5. The van der Waals surface area contributed by atoms with E-state index in [0.29, 0.717) is 31.5 Å². The minimum Gasteiger partial charge on any atom is -0.490 e. The van der Waals surface area contributed by atoms with Crippen LogP contribution in [0.3, 0.4) is 0 Å². The van der Waals surface area contributed by atoms with Crippen molar-refractivity contribution >= 4 is 5.97 Å². The van der Waals surface area contributed by atoms with Crippen LogP contribution in [-0.2, 0) is 22.4 Å². The summed E-state index contributed by atoms with van der Waals surface area (Å²) >= 11 is 0. The molecule has 1 atom stereocenters. The van der Waals surface area contributed by atoms with Gasteiger partial charge in [0, 0.05) is 12.0 Å². The Bertz CT molecular complexity index is 860. The third-order valence-electron chi connectivity index (χ3n) is 4.95. The molecule has 1 aliphatic heterocycles. The molecule has 2 aliphatic rings. The van der Waals surface area contributed by atoms with E-state index in [4.69, 9.17) is 14.2 Å². The predicted molar refractivity (Wildman–Crippen MR) is 96.8 cm³/mol. The molecular weight excluding hydrogens is 351 g/mol. The highest BCUT2D eigenvalue weighted by Crippen LogP contribution is 2.33. The summed E-state index contributed by atoms with van der Waals surface area (Å²) in [6, 6.07) is 5.85. The summed E-state index contributed by atoms with van der Waals surface area (Å²) in [6.45, 7) is 2.06. The molecule has 1 aromatic heterocycles. The number of carbonyl (C=O) groups is 1. The number of rotatable bonds is 5. The van der Waals surface area contributed by atoms with Gasteiger partial charge >= 0.3 is 5.97 Å². The molecule has 144 valence electrons. The van der Waals surface area contributed by atoms with Crippen LogP contribution < -0.4 is 4.74 Å². The van der Waals surface area contributed by atoms with Gasteiger partial charge in [0.2, 0.25) is 0 Å². The summed E-state index contributed by atoms with van der Waals surface area (Å²) in [5, 5.41) is 0. The molecule has 0 bridgehead atoms. The number of fused-ring (bicyclic) bond motifs is 1. The van der Waals surface area contributed by atoms with Crippen molar-refractivity contribution in [2.45, 2.75) is 44.9 Å². The maximum Gasteiger partial charge on any atom is 0.358 e. The molecule has 1 unspecified atom stereocenters. The van der Waals surface area contributed by atoms with Crippen LogP contribution >= 0.6 is 0 Å². The fourth-order valence-corrected chi connectivity index (χ4v) is 3.38. The first kappa shape index (κ1) is 18.0. The van der Waals surface area contributed by atoms with Crippen molar-refractivity contribution < 1.29 is 23.4 Å². The third kappa shape index (κ3) is 3.56. The van der Waals surface area contributed by atoms with Gasteiger partial charge in [0.1, 0.15) is 24.4 Å². The normalized spacial score (nSPS) is 19.3. The Balaban J connectivity index is 1.76. The Labute approximate surface area is 157 Å². The minimum atomic E-state index is -0.586. The number of halogens is 1. The Morgan fingerprint density at radius 3 is 2.89 bits per heavy atom. The zero-order valence-electron chi connectivity index (χ0n) is 15.5. The first-order valence-corrected chi connectivity index (χ1v) is 9.23. The van der Waals surface area contributed by atoms with Gasteiger partial charge in [0.25, 0.3) is 0 Å². The second kappa shape index (κ2) is 7.31. The van der Waals surface area contributed by atoms with Crippen LogP contribution in [0.25, 0.3) is 11.4 Å². The van der Waals surface area contributed by atoms with E-state index in [0.717, 1.165) is 35.4 Å². The quantitative estimate of drug-likeness (QED) is 0.753. The van der Waals surface area contributed by atoms with Crippen molar-refractivity contribution in [3.63, 3.8) is 0 Å². The molecule has 1 aliphatic carbocycles. The Hall–Kier alpha value is -2.41. The van der Waals surface area contributed by atoms with Crippen molar-refractivity contribution in [1.29, 1.82) is 0 Å². The van der Waals surface area contributed by atoms with Crippen LogP contribution in [0, 0.1) is 6.92 Å². The molecule has 1 saturated carbocycles.